The third kappa shape index (κ3) is 8.38. The molecule has 29 heavy (non-hydrogen) atoms. The summed E-state index contributed by atoms with van der Waals surface area (Å²) in [7, 11) is 1.60. The number of hydrogen-bond donors (Lipinski definition) is 3. The molecule has 0 spiro atoms. The molecule has 2 rings (SSSR count). The van der Waals surface area contributed by atoms with E-state index in [4.69, 9.17) is 9.47 Å². The Morgan fingerprint density at radius 2 is 2.00 bits per heavy atom. The summed E-state index contributed by atoms with van der Waals surface area (Å²) in [6.07, 6.45) is 2.73. The van der Waals surface area contributed by atoms with E-state index in [1.807, 2.05) is 38.1 Å². The highest BCUT2D eigenvalue weighted by Crippen LogP contribution is 2.25. The van der Waals surface area contributed by atoms with Crippen LogP contribution in [0.3, 0.4) is 0 Å². The molecule has 1 saturated carbocycles. The van der Waals surface area contributed by atoms with Crippen molar-refractivity contribution < 1.29 is 19.4 Å². The molecule has 1 atom stereocenters. The lowest BCUT2D eigenvalue weighted by Gasteiger charge is -2.29. The minimum absolute atomic E-state index is 0. The smallest absolute Gasteiger partial charge is 0.308 e. The van der Waals surface area contributed by atoms with Crippen molar-refractivity contribution in [2.75, 3.05) is 26.8 Å². The van der Waals surface area contributed by atoms with Crippen molar-refractivity contribution in [3.05, 3.63) is 29.8 Å². The quantitative estimate of drug-likeness (QED) is 0.212. The molecule has 3 N–H and O–H groups in total. The summed E-state index contributed by atoms with van der Waals surface area (Å²) < 4.78 is 10.3. The van der Waals surface area contributed by atoms with Gasteiger partial charge in [0.1, 0.15) is 5.75 Å². The van der Waals surface area contributed by atoms with Gasteiger partial charge in [-0.2, -0.15) is 0 Å². The second-order valence-corrected chi connectivity index (χ2v) is 6.96. The van der Waals surface area contributed by atoms with Crippen molar-refractivity contribution in [3.8, 4) is 5.75 Å². The standard InChI is InChI=1S/C21H33N3O4.HI/c1-4-22-21(23-14-19(25)16-7-6-8-18(13-16)27-3)24-17-11-9-15(10-12-17)20(26)28-5-2;/h6-8,13,15,17,19,25H,4-5,9-12,14H2,1-3H3,(H2,22,23,24);1H. The average molecular weight is 519 g/mol. The van der Waals surface area contributed by atoms with E-state index < -0.39 is 6.10 Å². The largest absolute Gasteiger partial charge is 0.497 e. The van der Waals surface area contributed by atoms with Crippen LogP contribution in [0.1, 0.15) is 51.2 Å². The fourth-order valence-corrected chi connectivity index (χ4v) is 3.38. The molecule has 8 heteroatoms. The number of esters is 1. The SMILES string of the molecule is CCNC(=NCC(O)c1cccc(OC)c1)NC1CCC(C(=O)OCC)CC1.I. The Morgan fingerprint density at radius 3 is 2.62 bits per heavy atom. The van der Waals surface area contributed by atoms with E-state index in [-0.39, 0.29) is 48.5 Å². The zero-order valence-electron chi connectivity index (χ0n) is 17.5. The van der Waals surface area contributed by atoms with Gasteiger partial charge in [0.05, 0.1) is 32.3 Å². The lowest BCUT2D eigenvalue weighted by molar-refractivity contribution is -0.149. The Kier molecular flexibility index (Phi) is 12.0. The van der Waals surface area contributed by atoms with E-state index >= 15 is 0 Å². The highest BCUT2D eigenvalue weighted by Gasteiger charge is 2.27. The number of nitrogens with one attached hydrogen (secondary N) is 2. The lowest BCUT2D eigenvalue weighted by Crippen LogP contribution is -2.45. The van der Waals surface area contributed by atoms with Gasteiger partial charge in [-0.1, -0.05) is 12.1 Å². The van der Waals surface area contributed by atoms with Crippen molar-refractivity contribution >= 4 is 35.9 Å². The highest BCUT2D eigenvalue weighted by atomic mass is 127. The van der Waals surface area contributed by atoms with Gasteiger partial charge in [0.15, 0.2) is 5.96 Å². The Hall–Kier alpha value is -1.55. The maximum absolute atomic E-state index is 11.9. The predicted octanol–water partition coefficient (Wildman–Crippen LogP) is 3.02. The monoisotopic (exact) mass is 519 g/mol. The molecule has 1 aliphatic carbocycles. The third-order valence-corrected chi connectivity index (χ3v) is 4.93. The topological polar surface area (TPSA) is 92.2 Å². The van der Waals surface area contributed by atoms with Crippen molar-refractivity contribution in [1.29, 1.82) is 0 Å². The van der Waals surface area contributed by atoms with Crippen LogP contribution >= 0.6 is 24.0 Å². The summed E-state index contributed by atoms with van der Waals surface area (Å²) in [6.45, 7) is 5.27. The maximum atomic E-state index is 11.9. The number of rotatable bonds is 8. The number of aliphatic hydroxyl groups is 1. The van der Waals surface area contributed by atoms with Gasteiger partial charge in [0.2, 0.25) is 0 Å². The van der Waals surface area contributed by atoms with E-state index in [2.05, 4.69) is 15.6 Å². The Balaban J connectivity index is 0.00000420. The number of carbonyl (C=O) groups is 1. The molecule has 0 heterocycles. The van der Waals surface area contributed by atoms with Crippen molar-refractivity contribution in [3.63, 3.8) is 0 Å². The number of guanidine groups is 1. The summed E-state index contributed by atoms with van der Waals surface area (Å²) >= 11 is 0. The molecule has 0 amide bonds. The van der Waals surface area contributed by atoms with Gasteiger partial charge in [-0.05, 0) is 57.2 Å². The number of aliphatic imine (C=N–C) groups is 1. The normalized spacial score (nSPS) is 20.2. The van der Waals surface area contributed by atoms with Crippen LogP contribution < -0.4 is 15.4 Å². The molecular formula is C21H34IN3O4. The van der Waals surface area contributed by atoms with Crippen LogP contribution in [0.2, 0.25) is 0 Å². The number of methoxy groups -OCH3 is 1. The van der Waals surface area contributed by atoms with Gasteiger partial charge in [0.25, 0.3) is 0 Å². The molecule has 0 saturated heterocycles. The fourth-order valence-electron chi connectivity index (χ4n) is 3.38. The average Bonchev–Trinajstić information content (AvgIpc) is 2.72. The second kappa shape index (κ2) is 13.6. The molecular weight excluding hydrogens is 485 g/mol. The summed E-state index contributed by atoms with van der Waals surface area (Å²) in [5.74, 6) is 1.32. The zero-order valence-corrected chi connectivity index (χ0v) is 19.8. The molecule has 0 bridgehead atoms. The third-order valence-electron chi connectivity index (χ3n) is 4.93. The van der Waals surface area contributed by atoms with E-state index in [1.54, 1.807) is 7.11 Å². The number of aliphatic hydroxyl groups excluding tert-OH is 1. The van der Waals surface area contributed by atoms with Gasteiger partial charge in [-0.15, -0.1) is 24.0 Å². The minimum Gasteiger partial charge on any atom is -0.497 e. The van der Waals surface area contributed by atoms with Crippen LogP contribution in [0.15, 0.2) is 29.3 Å². The lowest BCUT2D eigenvalue weighted by atomic mass is 9.86. The van der Waals surface area contributed by atoms with Gasteiger partial charge >= 0.3 is 5.97 Å². The molecule has 1 aliphatic rings. The number of benzene rings is 1. The Bertz CT molecular complexity index is 649. The molecule has 7 nitrogen and oxygen atoms in total. The van der Waals surface area contributed by atoms with Crippen molar-refractivity contribution in [2.45, 2.75) is 51.7 Å². The predicted molar refractivity (Wildman–Crippen MR) is 125 cm³/mol. The molecule has 0 aliphatic heterocycles. The highest BCUT2D eigenvalue weighted by molar-refractivity contribution is 14.0. The summed E-state index contributed by atoms with van der Waals surface area (Å²) in [5, 5.41) is 17.1. The number of carbonyl (C=O) groups excluding carboxylic acids is 1. The van der Waals surface area contributed by atoms with Gasteiger partial charge in [-0.3, -0.25) is 9.79 Å². The first-order valence-electron chi connectivity index (χ1n) is 10.1. The summed E-state index contributed by atoms with van der Waals surface area (Å²) in [4.78, 5) is 16.4. The molecule has 1 aromatic carbocycles. The molecule has 0 aromatic heterocycles. The first-order valence-corrected chi connectivity index (χ1v) is 10.1. The van der Waals surface area contributed by atoms with Crippen LogP contribution in [-0.4, -0.2) is 49.9 Å². The fraction of sp³-hybridized carbons (Fsp3) is 0.619. The molecule has 1 unspecified atom stereocenters. The summed E-state index contributed by atoms with van der Waals surface area (Å²) in [6, 6.07) is 7.64. The van der Waals surface area contributed by atoms with Crippen LogP contribution in [0, 0.1) is 5.92 Å². The van der Waals surface area contributed by atoms with Gasteiger partial charge in [-0.25, -0.2) is 0 Å². The number of nitrogens with zero attached hydrogens (tertiary/aromatic N) is 1. The minimum atomic E-state index is -0.704. The van der Waals surface area contributed by atoms with Crippen LogP contribution in [0.5, 0.6) is 5.75 Å². The van der Waals surface area contributed by atoms with Crippen LogP contribution in [0.4, 0.5) is 0 Å². The van der Waals surface area contributed by atoms with E-state index in [1.165, 1.54) is 0 Å². The van der Waals surface area contributed by atoms with Crippen LogP contribution in [0.25, 0.3) is 0 Å². The van der Waals surface area contributed by atoms with Gasteiger partial charge in [0, 0.05) is 12.6 Å². The van der Waals surface area contributed by atoms with Crippen molar-refractivity contribution in [1.82, 2.24) is 10.6 Å². The Morgan fingerprint density at radius 1 is 1.28 bits per heavy atom. The molecule has 1 aromatic rings. The molecule has 164 valence electrons. The van der Waals surface area contributed by atoms with Crippen LogP contribution in [-0.2, 0) is 9.53 Å². The Labute approximate surface area is 190 Å². The number of hydrogen-bond acceptors (Lipinski definition) is 5. The summed E-state index contributed by atoms with van der Waals surface area (Å²) in [5.41, 5.74) is 0.772. The van der Waals surface area contributed by atoms with E-state index in [9.17, 15) is 9.90 Å². The maximum Gasteiger partial charge on any atom is 0.308 e. The first kappa shape index (κ1) is 25.5. The second-order valence-electron chi connectivity index (χ2n) is 6.96. The van der Waals surface area contributed by atoms with Gasteiger partial charge < -0.3 is 25.2 Å². The van der Waals surface area contributed by atoms with E-state index in [0.717, 1.165) is 37.8 Å². The molecule has 0 radical (unpaired) electrons. The molecule has 1 fully saturated rings. The van der Waals surface area contributed by atoms with Crippen molar-refractivity contribution in [2.24, 2.45) is 10.9 Å². The van der Waals surface area contributed by atoms with E-state index in [0.29, 0.717) is 18.3 Å². The number of halogens is 1. The zero-order chi connectivity index (χ0) is 20.4. The first-order chi connectivity index (χ1) is 13.6. The number of ether oxygens (including phenoxy) is 2.